The molecule has 1 aliphatic rings. The Kier molecular flexibility index (Phi) is 3.12. The van der Waals surface area contributed by atoms with Crippen LogP contribution in [-0.2, 0) is 9.59 Å². The summed E-state index contributed by atoms with van der Waals surface area (Å²) >= 11 is 0. The lowest BCUT2D eigenvalue weighted by atomic mass is 9.78. The van der Waals surface area contributed by atoms with Crippen molar-refractivity contribution in [2.75, 3.05) is 6.54 Å². The average molecular weight is 212 g/mol. The Morgan fingerprint density at radius 2 is 1.67 bits per heavy atom. The molecule has 0 unspecified atom stereocenters. The molecule has 1 saturated heterocycles. The third-order valence-electron chi connectivity index (χ3n) is 3.08. The summed E-state index contributed by atoms with van der Waals surface area (Å²) in [6.07, 6.45) is 0.829. The predicted octanol–water partition coefficient (Wildman–Crippen LogP) is 0.891. The summed E-state index contributed by atoms with van der Waals surface area (Å²) < 4.78 is 0. The highest BCUT2D eigenvalue weighted by Crippen LogP contribution is 2.31. The van der Waals surface area contributed by atoms with Crippen molar-refractivity contribution in [3.05, 3.63) is 0 Å². The summed E-state index contributed by atoms with van der Waals surface area (Å²) in [6.45, 7) is 5.57. The highest BCUT2D eigenvalue weighted by Gasteiger charge is 2.50. The number of amides is 4. The maximum Gasteiger partial charge on any atom is 0.330 e. The largest absolute Gasteiger partial charge is 0.330 e. The van der Waals surface area contributed by atoms with E-state index in [9.17, 15) is 14.4 Å². The van der Waals surface area contributed by atoms with Gasteiger partial charge in [-0.25, -0.2) is 4.79 Å². The SMILES string of the molecule is CCN1C(=O)NC(=O)C(CC)(CC)C1=O. The van der Waals surface area contributed by atoms with Gasteiger partial charge in [0.2, 0.25) is 11.8 Å². The first kappa shape index (κ1) is 11.7. The first-order valence-electron chi connectivity index (χ1n) is 5.20. The van der Waals surface area contributed by atoms with Gasteiger partial charge in [-0.3, -0.25) is 19.8 Å². The van der Waals surface area contributed by atoms with Gasteiger partial charge in [0.1, 0.15) is 5.41 Å². The molecular formula is C10H16N2O3. The minimum atomic E-state index is -1.05. The molecule has 84 valence electrons. The molecule has 0 aliphatic carbocycles. The Hall–Kier alpha value is -1.39. The molecule has 0 atom stereocenters. The van der Waals surface area contributed by atoms with E-state index in [4.69, 9.17) is 0 Å². The fourth-order valence-corrected chi connectivity index (χ4v) is 1.89. The van der Waals surface area contributed by atoms with Crippen molar-refractivity contribution in [3.63, 3.8) is 0 Å². The monoisotopic (exact) mass is 212 g/mol. The van der Waals surface area contributed by atoms with E-state index in [2.05, 4.69) is 5.32 Å². The predicted molar refractivity (Wildman–Crippen MR) is 53.9 cm³/mol. The molecule has 1 fully saturated rings. The van der Waals surface area contributed by atoms with Crippen molar-refractivity contribution >= 4 is 17.8 Å². The summed E-state index contributed by atoms with van der Waals surface area (Å²) in [6, 6.07) is -0.606. The van der Waals surface area contributed by atoms with Crippen molar-refractivity contribution in [1.82, 2.24) is 10.2 Å². The van der Waals surface area contributed by atoms with Crippen LogP contribution in [0.2, 0.25) is 0 Å². The number of urea groups is 1. The van der Waals surface area contributed by atoms with Gasteiger partial charge in [-0.05, 0) is 19.8 Å². The number of carbonyl (C=O) groups excluding carboxylic acids is 3. The Bertz CT molecular complexity index is 308. The summed E-state index contributed by atoms with van der Waals surface area (Å²) in [7, 11) is 0. The van der Waals surface area contributed by atoms with E-state index in [0.29, 0.717) is 19.4 Å². The van der Waals surface area contributed by atoms with Gasteiger partial charge in [-0.15, -0.1) is 0 Å². The molecule has 0 bridgehead atoms. The molecule has 0 radical (unpaired) electrons. The molecule has 0 aromatic heterocycles. The Morgan fingerprint density at radius 1 is 1.13 bits per heavy atom. The van der Waals surface area contributed by atoms with E-state index in [1.807, 2.05) is 0 Å². The van der Waals surface area contributed by atoms with E-state index in [1.54, 1.807) is 20.8 Å². The third-order valence-corrected chi connectivity index (χ3v) is 3.08. The van der Waals surface area contributed by atoms with E-state index in [1.165, 1.54) is 0 Å². The molecular weight excluding hydrogens is 196 g/mol. The minimum Gasteiger partial charge on any atom is -0.277 e. The fourth-order valence-electron chi connectivity index (χ4n) is 1.89. The molecule has 0 saturated carbocycles. The normalized spacial score (nSPS) is 20.5. The molecule has 0 aromatic rings. The van der Waals surface area contributed by atoms with Crippen molar-refractivity contribution in [1.29, 1.82) is 0 Å². The van der Waals surface area contributed by atoms with Crippen LogP contribution in [0.1, 0.15) is 33.6 Å². The van der Waals surface area contributed by atoms with Crippen LogP contribution in [0, 0.1) is 5.41 Å². The van der Waals surface area contributed by atoms with Crippen LogP contribution in [0.4, 0.5) is 4.79 Å². The van der Waals surface area contributed by atoms with Gasteiger partial charge in [0.15, 0.2) is 0 Å². The Balaban J connectivity index is 3.12. The van der Waals surface area contributed by atoms with Crippen LogP contribution in [0.5, 0.6) is 0 Å². The van der Waals surface area contributed by atoms with Gasteiger partial charge >= 0.3 is 6.03 Å². The topological polar surface area (TPSA) is 66.5 Å². The number of carbonyl (C=O) groups is 3. The van der Waals surface area contributed by atoms with Gasteiger partial charge in [-0.2, -0.15) is 0 Å². The molecule has 1 aliphatic heterocycles. The quantitative estimate of drug-likeness (QED) is 0.706. The van der Waals surface area contributed by atoms with E-state index < -0.39 is 17.4 Å². The summed E-state index contributed by atoms with van der Waals surface area (Å²) in [5.74, 6) is -0.837. The van der Waals surface area contributed by atoms with E-state index >= 15 is 0 Å². The highest BCUT2D eigenvalue weighted by atomic mass is 16.2. The Labute approximate surface area is 88.8 Å². The Morgan fingerprint density at radius 3 is 2.07 bits per heavy atom. The van der Waals surface area contributed by atoms with Crippen molar-refractivity contribution < 1.29 is 14.4 Å². The number of nitrogens with zero attached hydrogens (tertiary/aromatic N) is 1. The maximum absolute atomic E-state index is 12.0. The standard InChI is InChI=1S/C10H16N2O3/c1-4-10(5-2)7(13)11-9(15)12(6-3)8(10)14/h4-6H2,1-3H3,(H,11,13,15). The molecule has 1 heterocycles. The zero-order valence-electron chi connectivity index (χ0n) is 9.29. The van der Waals surface area contributed by atoms with Gasteiger partial charge in [-0.1, -0.05) is 13.8 Å². The molecule has 0 spiro atoms. The van der Waals surface area contributed by atoms with Crippen molar-refractivity contribution in [3.8, 4) is 0 Å². The van der Waals surface area contributed by atoms with Crippen molar-refractivity contribution in [2.45, 2.75) is 33.6 Å². The molecule has 5 heteroatoms. The molecule has 1 rings (SSSR count). The van der Waals surface area contributed by atoms with Crippen LogP contribution >= 0.6 is 0 Å². The lowest BCUT2D eigenvalue weighted by Crippen LogP contribution is -2.63. The van der Waals surface area contributed by atoms with Crippen LogP contribution < -0.4 is 5.32 Å². The zero-order chi connectivity index (χ0) is 11.6. The number of rotatable bonds is 3. The maximum atomic E-state index is 12.0. The van der Waals surface area contributed by atoms with Gasteiger partial charge in [0.05, 0.1) is 0 Å². The van der Waals surface area contributed by atoms with Crippen LogP contribution in [0.3, 0.4) is 0 Å². The molecule has 15 heavy (non-hydrogen) atoms. The van der Waals surface area contributed by atoms with E-state index in [0.717, 1.165) is 4.90 Å². The van der Waals surface area contributed by atoms with Crippen LogP contribution in [0.25, 0.3) is 0 Å². The number of nitrogens with one attached hydrogen (secondary N) is 1. The number of hydrogen-bond donors (Lipinski definition) is 1. The fraction of sp³-hybridized carbons (Fsp3) is 0.700. The summed E-state index contributed by atoms with van der Waals surface area (Å²) in [4.78, 5) is 36.1. The van der Waals surface area contributed by atoms with Gasteiger partial charge in [0.25, 0.3) is 0 Å². The molecule has 1 N–H and O–H groups in total. The van der Waals surface area contributed by atoms with Gasteiger partial charge in [0, 0.05) is 6.54 Å². The second kappa shape index (κ2) is 4.00. The smallest absolute Gasteiger partial charge is 0.277 e. The second-order valence-corrected chi connectivity index (χ2v) is 3.60. The lowest BCUT2D eigenvalue weighted by molar-refractivity contribution is -0.151. The third kappa shape index (κ3) is 1.52. The number of hydrogen-bond acceptors (Lipinski definition) is 3. The first-order valence-corrected chi connectivity index (χ1v) is 5.20. The molecule has 0 aromatic carbocycles. The summed E-state index contributed by atoms with van der Waals surface area (Å²) in [5.41, 5.74) is -1.05. The highest BCUT2D eigenvalue weighted by molar-refractivity contribution is 6.19. The van der Waals surface area contributed by atoms with Crippen molar-refractivity contribution in [2.24, 2.45) is 5.41 Å². The molecule has 5 nitrogen and oxygen atoms in total. The molecule has 4 amide bonds. The lowest BCUT2D eigenvalue weighted by Gasteiger charge is -2.37. The number of barbiturate groups is 1. The van der Waals surface area contributed by atoms with E-state index in [-0.39, 0.29) is 5.91 Å². The minimum absolute atomic E-state index is 0.291. The first-order chi connectivity index (χ1) is 7.03. The number of imide groups is 2. The van der Waals surface area contributed by atoms with Crippen LogP contribution in [-0.4, -0.2) is 29.3 Å². The second-order valence-electron chi connectivity index (χ2n) is 3.60. The average Bonchev–Trinajstić information content (AvgIpc) is 2.20. The van der Waals surface area contributed by atoms with Crippen LogP contribution in [0.15, 0.2) is 0 Å². The van der Waals surface area contributed by atoms with Gasteiger partial charge < -0.3 is 0 Å². The zero-order valence-corrected chi connectivity index (χ0v) is 9.29. The summed E-state index contributed by atoms with van der Waals surface area (Å²) in [5, 5.41) is 2.23.